The van der Waals surface area contributed by atoms with E-state index < -0.39 is 12.0 Å². The summed E-state index contributed by atoms with van der Waals surface area (Å²) in [7, 11) is 2.16. The Morgan fingerprint density at radius 2 is 2.04 bits per heavy atom. The van der Waals surface area contributed by atoms with E-state index in [0.717, 1.165) is 25.8 Å². The maximum Gasteiger partial charge on any atom is 0.326 e. The molecule has 2 bridgehead atoms. The van der Waals surface area contributed by atoms with Crippen molar-refractivity contribution in [1.82, 2.24) is 9.80 Å². The number of hydrogen-bond acceptors (Lipinski definition) is 3. The molecule has 1 unspecified atom stereocenters. The van der Waals surface area contributed by atoms with Crippen LogP contribution in [0.3, 0.4) is 0 Å². The predicted octanol–water partition coefficient (Wildman–Crippen LogP) is 2.29. The second kappa shape index (κ2) is 6.38. The molecule has 2 aliphatic heterocycles. The average molecular weight is 356 g/mol. The third-order valence-corrected chi connectivity index (χ3v) is 7.15. The third kappa shape index (κ3) is 2.64. The van der Waals surface area contributed by atoms with Gasteiger partial charge in [0.1, 0.15) is 6.04 Å². The van der Waals surface area contributed by atoms with E-state index in [2.05, 4.69) is 43.1 Å². The lowest BCUT2D eigenvalue weighted by molar-refractivity contribution is -0.149. The number of hydrogen-bond donors (Lipinski definition) is 1. The number of carboxylic acid groups (broad SMARTS) is 1. The number of carboxylic acids is 1. The van der Waals surface area contributed by atoms with Crippen molar-refractivity contribution in [3.05, 3.63) is 35.4 Å². The molecule has 3 aliphatic rings. The van der Waals surface area contributed by atoms with Crippen LogP contribution in [0.25, 0.3) is 0 Å². The van der Waals surface area contributed by atoms with Gasteiger partial charge in [0.25, 0.3) is 0 Å². The van der Waals surface area contributed by atoms with Crippen LogP contribution in [0.15, 0.2) is 24.3 Å². The highest BCUT2D eigenvalue weighted by Crippen LogP contribution is 2.50. The van der Waals surface area contributed by atoms with Crippen LogP contribution in [0.4, 0.5) is 0 Å². The fourth-order valence-electron chi connectivity index (χ4n) is 5.59. The number of benzene rings is 1. The highest BCUT2D eigenvalue weighted by Gasteiger charge is 2.51. The lowest BCUT2D eigenvalue weighted by atomic mass is 9.57. The maximum absolute atomic E-state index is 13.1. The summed E-state index contributed by atoms with van der Waals surface area (Å²) in [5.74, 6) is -0.613. The Morgan fingerprint density at radius 1 is 1.27 bits per heavy atom. The van der Waals surface area contributed by atoms with Gasteiger partial charge in [-0.05, 0) is 61.7 Å². The SMILES string of the molecule is CN1CC[C@]2(C)c3ccccc3CC1[C@@H]2CC(=O)N1CCC[C@H]1C(=O)O. The largest absolute Gasteiger partial charge is 0.480 e. The van der Waals surface area contributed by atoms with E-state index in [4.69, 9.17) is 0 Å². The molecule has 2 fully saturated rings. The summed E-state index contributed by atoms with van der Waals surface area (Å²) in [6, 6.07) is 8.36. The van der Waals surface area contributed by atoms with Crippen LogP contribution in [-0.2, 0) is 21.4 Å². The molecule has 26 heavy (non-hydrogen) atoms. The normalized spacial score (nSPS) is 33.8. The fourth-order valence-corrected chi connectivity index (χ4v) is 5.59. The Labute approximate surface area is 155 Å². The van der Waals surface area contributed by atoms with Gasteiger partial charge in [-0.25, -0.2) is 4.79 Å². The molecule has 5 heteroatoms. The molecule has 1 aromatic carbocycles. The third-order valence-electron chi connectivity index (χ3n) is 7.15. The molecule has 0 radical (unpaired) electrons. The van der Waals surface area contributed by atoms with E-state index in [1.54, 1.807) is 4.90 Å². The molecule has 0 aromatic heterocycles. The minimum atomic E-state index is -0.867. The zero-order valence-corrected chi connectivity index (χ0v) is 15.6. The number of likely N-dealkylation sites (tertiary alicyclic amines) is 2. The van der Waals surface area contributed by atoms with Gasteiger partial charge < -0.3 is 14.9 Å². The van der Waals surface area contributed by atoms with Crippen molar-refractivity contribution in [3.8, 4) is 0 Å². The van der Waals surface area contributed by atoms with Crippen molar-refractivity contribution in [2.75, 3.05) is 20.1 Å². The van der Waals surface area contributed by atoms with Crippen molar-refractivity contribution < 1.29 is 14.7 Å². The first-order chi connectivity index (χ1) is 12.4. The van der Waals surface area contributed by atoms with Crippen LogP contribution >= 0.6 is 0 Å². The highest BCUT2D eigenvalue weighted by molar-refractivity contribution is 5.84. The molecule has 2 saturated heterocycles. The van der Waals surface area contributed by atoms with E-state index in [-0.39, 0.29) is 17.2 Å². The Morgan fingerprint density at radius 3 is 2.81 bits per heavy atom. The summed E-state index contributed by atoms with van der Waals surface area (Å²) < 4.78 is 0. The van der Waals surface area contributed by atoms with Crippen molar-refractivity contribution in [2.24, 2.45) is 5.92 Å². The Bertz CT molecular complexity index is 734. The molecule has 1 N–H and O–H groups in total. The zero-order valence-electron chi connectivity index (χ0n) is 15.6. The molecule has 0 saturated carbocycles. The molecule has 2 heterocycles. The molecular formula is C21H28N2O3. The summed E-state index contributed by atoms with van der Waals surface area (Å²) in [6.07, 6.45) is 3.83. The van der Waals surface area contributed by atoms with Crippen LogP contribution in [0.1, 0.15) is 43.7 Å². The average Bonchev–Trinajstić information content (AvgIpc) is 3.11. The van der Waals surface area contributed by atoms with E-state index >= 15 is 0 Å². The summed E-state index contributed by atoms with van der Waals surface area (Å²) >= 11 is 0. The van der Waals surface area contributed by atoms with Crippen molar-refractivity contribution in [3.63, 3.8) is 0 Å². The smallest absolute Gasteiger partial charge is 0.326 e. The number of fused-ring (bicyclic) bond motifs is 4. The van der Waals surface area contributed by atoms with E-state index in [0.29, 0.717) is 25.4 Å². The molecule has 4 atom stereocenters. The topological polar surface area (TPSA) is 60.9 Å². The van der Waals surface area contributed by atoms with Gasteiger partial charge in [-0.15, -0.1) is 0 Å². The van der Waals surface area contributed by atoms with Crippen LogP contribution < -0.4 is 0 Å². The van der Waals surface area contributed by atoms with Gasteiger partial charge in [0.2, 0.25) is 5.91 Å². The van der Waals surface area contributed by atoms with Gasteiger partial charge in [-0.2, -0.15) is 0 Å². The minimum absolute atomic E-state index is 0.0138. The van der Waals surface area contributed by atoms with E-state index in [1.807, 2.05) is 0 Å². The highest BCUT2D eigenvalue weighted by atomic mass is 16.4. The first-order valence-corrected chi connectivity index (χ1v) is 9.72. The number of piperidine rings is 1. The van der Waals surface area contributed by atoms with Gasteiger partial charge in [0, 0.05) is 19.0 Å². The number of amides is 1. The lowest BCUT2D eigenvalue weighted by Crippen LogP contribution is -2.59. The van der Waals surface area contributed by atoms with Gasteiger partial charge in [-0.1, -0.05) is 31.2 Å². The second-order valence-electron chi connectivity index (χ2n) is 8.47. The quantitative estimate of drug-likeness (QED) is 0.903. The van der Waals surface area contributed by atoms with Gasteiger partial charge in [-0.3, -0.25) is 4.79 Å². The Balaban J connectivity index is 1.63. The first-order valence-electron chi connectivity index (χ1n) is 9.72. The number of carbonyl (C=O) groups is 2. The summed E-state index contributed by atoms with van der Waals surface area (Å²) in [5, 5.41) is 9.42. The van der Waals surface area contributed by atoms with Crippen LogP contribution in [0.2, 0.25) is 0 Å². The van der Waals surface area contributed by atoms with Gasteiger partial charge in [0.05, 0.1) is 0 Å². The Kier molecular flexibility index (Phi) is 4.30. The molecule has 1 amide bonds. The zero-order chi connectivity index (χ0) is 18.5. The lowest BCUT2D eigenvalue weighted by Gasteiger charge is -2.55. The van der Waals surface area contributed by atoms with Gasteiger partial charge in [0.15, 0.2) is 0 Å². The van der Waals surface area contributed by atoms with Gasteiger partial charge >= 0.3 is 5.97 Å². The van der Waals surface area contributed by atoms with Crippen molar-refractivity contribution in [2.45, 2.75) is 56.5 Å². The van der Waals surface area contributed by atoms with Crippen molar-refractivity contribution in [1.29, 1.82) is 0 Å². The number of likely N-dealkylation sites (N-methyl/N-ethyl adjacent to an activating group) is 1. The van der Waals surface area contributed by atoms with Crippen LogP contribution in [0, 0.1) is 5.92 Å². The summed E-state index contributed by atoms with van der Waals surface area (Å²) in [4.78, 5) is 28.6. The monoisotopic (exact) mass is 356 g/mol. The molecule has 1 aliphatic carbocycles. The minimum Gasteiger partial charge on any atom is -0.480 e. The molecule has 0 spiro atoms. The number of carbonyl (C=O) groups excluding carboxylic acids is 1. The maximum atomic E-state index is 13.1. The van der Waals surface area contributed by atoms with Crippen LogP contribution in [-0.4, -0.2) is 59.0 Å². The van der Waals surface area contributed by atoms with Crippen LogP contribution in [0.5, 0.6) is 0 Å². The number of nitrogens with zero attached hydrogens (tertiary/aromatic N) is 2. The predicted molar refractivity (Wildman–Crippen MR) is 99.0 cm³/mol. The number of aliphatic carboxylic acids is 1. The second-order valence-corrected chi connectivity index (χ2v) is 8.47. The Hall–Kier alpha value is -1.88. The molecule has 140 valence electrons. The first kappa shape index (κ1) is 17.5. The van der Waals surface area contributed by atoms with Crippen molar-refractivity contribution >= 4 is 11.9 Å². The standard InChI is InChI=1S/C21H28N2O3/c1-21-9-11-22(2)18(12-14-6-3-4-7-15(14)21)16(21)13-19(24)23-10-5-8-17(23)20(25)26/h3-4,6-7,16-18H,5,8-13H2,1-2H3,(H,25,26)/t16-,17-,18?,21+/m0/s1. The molecule has 1 aromatic rings. The fraction of sp³-hybridized carbons (Fsp3) is 0.619. The molecular weight excluding hydrogens is 328 g/mol. The summed E-state index contributed by atoms with van der Waals surface area (Å²) in [5.41, 5.74) is 2.78. The molecule has 5 nitrogen and oxygen atoms in total. The molecule has 4 rings (SSSR count). The van der Waals surface area contributed by atoms with E-state index in [1.165, 1.54) is 11.1 Å². The van der Waals surface area contributed by atoms with E-state index in [9.17, 15) is 14.7 Å². The summed E-state index contributed by atoms with van der Waals surface area (Å²) in [6.45, 7) is 3.93. The number of rotatable bonds is 3.